The minimum atomic E-state index is -0.195. The van der Waals surface area contributed by atoms with Crippen molar-refractivity contribution in [2.45, 2.75) is 18.4 Å². The van der Waals surface area contributed by atoms with E-state index in [1.165, 1.54) is 0 Å². The molecule has 1 aromatic carbocycles. The van der Waals surface area contributed by atoms with Gasteiger partial charge in [-0.05, 0) is 29.7 Å². The highest BCUT2D eigenvalue weighted by atomic mass is 16.7. The summed E-state index contributed by atoms with van der Waals surface area (Å²) in [5.74, 6) is 1.38. The number of rotatable bonds is 2. The molecule has 1 aromatic rings. The van der Waals surface area contributed by atoms with Crippen LogP contribution in [0.15, 0.2) is 30.4 Å². The van der Waals surface area contributed by atoms with Crippen molar-refractivity contribution in [1.29, 1.82) is 0 Å². The lowest BCUT2D eigenvalue weighted by Crippen LogP contribution is -2.33. The number of aliphatic hydroxyl groups is 1. The average Bonchev–Trinajstić information content (AvgIpc) is 3.09. The first kappa shape index (κ1) is 12.7. The van der Waals surface area contributed by atoms with E-state index >= 15 is 0 Å². The first-order chi connectivity index (χ1) is 10.3. The molecule has 0 radical (unpaired) electrons. The highest BCUT2D eigenvalue weighted by molar-refractivity contribution is 5.72. The summed E-state index contributed by atoms with van der Waals surface area (Å²) in [6.45, 7) is 0.275. The van der Waals surface area contributed by atoms with Crippen LogP contribution in [0, 0.1) is 11.8 Å². The number of allylic oxidation sites excluding steroid dienone is 1. The van der Waals surface area contributed by atoms with Gasteiger partial charge in [0, 0.05) is 18.4 Å². The Balaban J connectivity index is 1.68. The van der Waals surface area contributed by atoms with E-state index in [4.69, 9.17) is 14.2 Å². The molecule has 0 amide bonds. The normalized spacial score (nSPS) is 32.9. The summed E-state index contributed by atoms with van der Waals surface area (Å²) in [7, 11) is 0. The minimum Gasteiger partial charge on any atom is -0.458 e. The third-order valence-corrected chi connectivity index (χ3v) is 4.60. The Morgan fingerprint density at radius 3 is 2.90 bits per heavy atom. The number of carbonyl (C=O) groups is 1. The summed E-state index contributed by atoms with van der Waals surface area (Å²) in [6, 6.07) is 5.84. The molecular weight excluding hydrogens is 272 g/mol. The van der Waals surface area contributed by atoms with Crippen molar-refractivity contribution in [2.75, 3.05) is 13.4 Å². The van der Waals surface area contributed by atoms with Crippen LogP contribution >= 0.6 is 0 Å². The second-order valence-electron chi connectivity index (χ2n) is 5.69. The number of hydrogen-bond donors (Lipinski definition) is 1. The van der Waals surface area contributed by atoms with Gasteiger partial charge in [0.1, 0.15) is 6.10 Å². The molecule has 0 saturated carbocycles. The Labute approximate surface area is 122 Å². The van der Waals surface area contributed by atoms with E-state index < -0.39 is 0 Å². The van der Waals surface area contributed by atoms with Crippen molar-refractivity contribution in [3.8, 4) is 11.5 Å². The number of benzene rings is 1. The number of hydrogen-bond acceptors (Lipinski definition) is 5. The first-order valence-electron chi connectivity index (χ1n) is 7.14. The Hall–Kier alpha value is -2.01. The zero-order valence-electron chi connectivity index (χ0n) is 11.4. The van der Waals surface area contributed by atoms with Gasteiger partial charge in [-0.15, -0.1) is 0 Å². The third kappa shape index (κ3) is 2.00. The third-order valence-electron chi connectivity index (χ3n) is 4.60. The standard InChI is InChI=1S/C16H16O5/c17-7-12-10(2-4-13-11(12)6-16(18)21-13)9-1-3-14-15(5-9)20-8-19-14/h1-5,10-13,17H,6-8H2/t10-,11-,12-,13+/m0/s1. The summed E-state index contributed by atoms with van der Waals surface area (Å²) in [4.78, 5) is 11.5. The van der Waals surface area contributed by atoms with Crippen molar-refractivity contribution in [2.24, 2.45) is 11.8 Å². The van der Waals surface area contributed by atoms with Crippen molar-refractivity contribution in [3.05, 3.63) is 35.9 Å². The largest absolute Gasteiger partial charge is 0.458 e. The van der Waals surface area contributed by atoms with Crippen LogP contribution in [0.3, 0.4) is 0 Å². The fourth-order valence-electron chi connectivity index (χ4n) is 3.54. The Morgan fingerprint density at radius 2 is 2.05 bits per heavy atom. The Bertz CT molecular complexity index is 609. The van der Waals surface area contributed by atoms with Gasteiger partial charge >= 0.3 is 5.97 Å². The molecule has 0 unspecified atom stereocenters. The van der Waals surface area contributed by atoms with Gasteiger partial charge in [0.2, 0.25) is 6.79 Å². The molecule has 110 valence electrons. The molecule has 0 bridgehead atoms. The van der Waals surface area contributed by atoms with Gasteiger partial charge in [-0.2, -0.15) is 0 Å². The van der Waals surface area contributed by atoms with Crippen LogP contribution in [0.25, 0.3) is 0 Å². The summed E-state index contributed by atoms with van der Waals surface area (Å²) >= 11 is 0. The minimum absolute atomic E-state index is 0.0215. The fourth-order valence-corrected chi connectivity index (χ4v) is 3.54. The maximum absolute atomic E-state index is 11.5. The van der Waals surface area contributed by atoms with Crippen LogP contribution in [0.2, 0.25) is 0 Å². The van der Waals surface area contributed by atoms with Gasteiger partial charge in [0.15, 0.2) is 11.5 Å². The SMILES string of the molecule is O=C1C[C@H]2[C@@H](CO)[C@H](c3ccc4c(c3)OCO4)C=C[C@H]2O1. The van der Waals surface area contributed by atoms with E-state index in [2.05, 4.69) is 0 Å². The topological polar surface area (TPSA) is 65.0 Å². The molecule has 1 fully saturated rings. The lowest BCUT2D eigenvalue weighted by Gasteiger charge is -2.33. The van der Waals surface area contributed by atoms with Crippen molar-refractivity contribution in [3.63, 3.8) is 0 Å². The van der Waals surface area contributed by atoms with E-state index in [1.807, 2.05) is 30.4 Å². The number of aliphatic hydroxyl groups excluding tert-OH is 1. The van der Waals surface area contributed by atoms with Crippen LogP contribution in [-0.4, -0.2) is 30.6 Å². The molecule has 2 heterocycles. The molecular formula is C16H16O5. The van der Waals surface area contributed by atoms with E-state index in [9.17, 15) is 9.90 Å². The first-order valence-corrected chi connectivity index (χ1v) is 7.14. The zero-order valence-corrected chi connectivity index (χ0v) is 11.4. The number of ether oxygens (including phenoxy) is 3. The van der Waals surface area contributed by atoms with E-state index in [-0.39, 0.29) is 43.2 Å². The van der Waals surface area contributed by atoms with Gasteiger partial charge in [-0.3, -0.25) is 4.79 Å². The number of esters is 1. The monoisotopic (exact) mass is 288 g/mol. The molecule has 4 rings (SSSR count). The van der Waals surface area contributed by atoms with Gasteiger partial charge in [0.25, 0.3) is 0 Å². The molecule has 3 aliphatic rings. The highest BCUT2D eigenvalue weighted by Gasteiger charge is 2.44. The molecule has 0 aromatic heterocycles. The van der Waals surface area contributed by atoms with Crippen molar-refractivity contribution < 1.29 is 24.1 Å². The molecule has 1 saturated heterocycles. The molecule has 1 N–H and O–H groups in total. The zero-order chi connectivity index (χ0) is 14.4. The lowest BCUT2D eigenvalue weighted by molar-refractivity contribution is -0.140. The van der Waals surface area contributed by atoms with Crippen LogP contribution < -0.4 is 9.47 Å². The Morgan fingerprint density at radius 1 is 1.19 bits per heavy atom. The van der Waals surface area contributed by atoms with E-state index in [0.29, 0.717) is 6.42 Å². The van der Waals surface area contributed by atoms with Crippen molar-refractivity contribution in [1.82, 2.24) is 0 Å². The molecule has 0 spiro atoms. The summed E-state index contributed by atoms with van der Waals surface area (Å²) in [5, 5.41) is 9.79. The smallest absolute Gasteiger partial charge is 0.306 e. The van der Waals surface area contributed by atoms with Gasteiger partial charge < -0.3 is 19.3 Å². The molecule has 1 aliphatic carbocycles. The fraction of sp³-hybridized carbons (Fsp3) is 0.438. The van der Waals surface area contributed by atoms with E-state index in [0.717, 1.165) is 17.1 Å². The summed E-state index contributed by atoms with van der Waals surface area (Å²) < 4.78 is 16.0. The highest BCUT2D eigenvalue weighted by Crippen LogP contribution is 2.44. The van der Waals surface area contributed by atoms with E-state index in [1.54, 1.807) is 0 Å². The summed E-state index contributed by atoms with van der Waals surface area (Å²) in [5.41, 5.74) is 1.06. The van der Waals surface area contributed by atoms with Crippen LogP contribution in [0.1, 0.15) is 17.9 Å². The van der Waals surface area contributed by atoms with Gasteiger partial charge in [0.05, 0.1) is 6.42 Å². The number of fused-ring (bicyclic) bond motifs is 2. The van der Waals surface area contributed by atoms with Gasteiger partial charge in [-0.1, -0.05) is 12.1 Å². The molecule has 21 heavy (non-hydrogen) atoms. The molecule has 5 heteroatoms. The molecule has 4 atom stereocenters. The van der Waals surface area contributed by atoms with Crippen LogP contribution in [0.4, 0.5) is 0 Å². The predicted octanol–water partition coefficient (Wildman–Crippen LogP) is 1.61. The summed E-state index contributed by atoms with van der Waals surface area (Å²) in [6.07, 6.45) is 4.15. The quantitative estimate of drug-likeness (QED) is 0.661. The van der Waals surface area contributed by atoms with Crippen LogP contribution in [0.5, 0.6) is 11.5 Å². The Kier molecular flexibility index (Phi) is 2.89. The number of carbonyl (C=O) groups excluding carboxylic acids is 1. The second-order valence-corrected chi connectivity index (χ2v) is 5.69. The second kappa shape index (κ2) is 4.77. The van der Waals surface area contributed by atoms with Crippen molar-refractivity contribution >= 4 is 5.97 Å². The predicted molar refractivity (Wildman–Crippen MR) is 73.0 cm³/mol. The van der Waals surface area contributed by atoms with Gasteiger partial charge in [-0.25, -0.2) is 0 Å². The van der Waals surface area contributed by atoms with Crippen LogP contribution in [-0.2, 0) is 9.53 Å². The molecule has 2 aliphatic heterocycles. The average molecular weight is 288 g/mol. The maximum Gasteiger partial charge on any atom is 0.306 e. The maximum atomic E-state index is 11.5. The lowest BCUT2D eigenvalue weighted by atomic mass is 9.72. The molecule has 5 nitrogen and oxygen atoms in total.